The second kappa shape index (κ2) is 5.94. The molecule has 1 aliphatic rings. The predicted octanol–water partition coefficient (Wildman–Crippen LogP) is 2.44. The number of benzene rings is 1. The Kier molecular flexibility index (Phi) is 4.06. The summed E-state index contributed by atoms with van der Waals surface area (Å²) in [5.41, 5.74) is 4.07. The van der Waals surface area contributed by atoms with E-state index < -0.39 is 0 Å². The lowest BCUT2D eigenvalue weighted by molar-refractivity contribution is 0.710. The number of thioether (sulfide) groups is 1. The third-order valence-corrected chi connectivity index (χ3v) is 4.60. The number of fused-ring (bicyclic) bond motifs is 1. The van der Waals surface area contributed by atoms with E-state index in [0.717, 1.165) is 41.9 Å². The third-order valence-electron chi connectivity index (χ3n) is 3.34. The Balaban J connectivity index is 1.86. The average Bonchev–Trinajstić information content (AvgIpc) is 2.82. The molecular formula is C13H15ClN4S. The van der Waals surface area contributed by atoms with Crippen molar-refractivity contribution in [2.75, 3.05) is 13.1 Å². The minimum atomic E-state index is 0.831. The maximum Gasteiger partial charge on any atom is 0.183 e. The molecule has 4 nitrogen and oxygen atoms in total. The van der Waals surface area contributed by atoms with Crippen molar-refractivity contribution in [2.24, 2.45) is 0 Å². The second-order valence-corrected chi connectivity index (χ2v) is 5.86. The molecule has 0 radical (unpaired) electrons. The summed E-state index contributed by atoms with van der Waals surface area (Å²) in [6.07, 6.45) is 3.65. The van der Waals surface area contributed by atoms with Crippen molar-refractivity contribution in [3.05, 3.63) is 40.2 Å². The fourth-order valence-corrected chi connectivity index (χ4v) is 3.55. The van der Waals surface area contributed by atoms with Gasteiger partial charge in [-0.1, -0.05) is 29.4 Å². The highest BCUT2D eigenvalue weighted by Gasteiger charge is 2.15. The standard InChI is InChI=1S/C13H15ClN4S/c14-12-2-1-9-3-5-15-6-4-10(9)11(12)7-19-13-16-8-17-18-13/h1-2,8,15H,3-7H2,(H,16,17,18). The number of nitrogens with one attached hydrogen (secondary N) is 2. The van der Waals surface area contributed by atoms with Crippen LogP contribution in [-0.2, 0) is 18.6 Å². The van der Waals surface area contributed by atoms with E-state index in [4.69, 9.17) is 11.6 Å². The SMILES string of the molecule is Clc1ccc2c(c1CSc1ncn[nH]1)CCNCC2. The van der Waals surface area contributed by atoms with Crippen molar-refractivity contribution in [2.45, 2.75) is 23.8 Å². The molecule has 100 valence electrons. The Morgan fingerprint density at radius 1 is 1.26 bits per heavy atom. The van der Waals surface area contributed by atoms with Crippen LogP contribution in [0.4, 0.5) is 0 Å². The fourth-order valence-electron chi connectivity index (χ4n) is 2.38. The highest BCUT2D eigenvalue weighted by atomic mass is 35.5. The molecule has 0 spiro atoms. The van der Waals surface area contributed by atoms with Crippen LogP contribution >= 0.6 is 23.4 Å². The van der Waals surface area contributed by atoms with Gasteiger partial charge in [-0.05, 0) is 48.7 Å². The van der Waals surface area contributed by atoms with Gasteiger partial charge in [0.15, 0.2) is 5.16 Å². The number of hydrogen-bond acceptors (Lipinski definition) is 4. The fraction of sp³-hybridized carbons (Fsp3) is 0.385. The lowest BCUT2D eigenvalue weighted by Crippen LogP contribution is -2.16. The van der Waals surface area contributed by atoms with Crippen molar-refractivity contribution < 1.29 is 0 Å². The van der Waals surface area contributed by atoms with Gasteiger partial charge in [-0.3, -0.25) is 5.10 Å². The highest BCUT2D eigenvalue weighted by molar-refractivity contribution is 7.98. The summed E-state index contributed by atoms with van der Waals surface area (Å²) in [5.74, 6) is 0.831. The molecule has 3 rings (SSSR count). The summed E-state index contributed by atoms with van der Waals surface area (Å²) in [5, 5.41) is 11.8. The first-order valence-corrected chi connectivity index (χ1v) is 7.69. The number of nitrogens with zero attached hydrogens (tertiary/aromatic N) is 2. The zero-order chi connectivity index (χ0) is 13.1. The molecule has 0 saturated heterocycles. The Morgan fingerprint density at radius 2 is 2.16 bits per heavy atom. The highest BCUT2D eigenvalue weighted by Crippen LogP contribution is 2.30. The van der Waals surface area contributed by atoms with Gasteiger partial charge in [0.25, 0.3) is 0 Å². The first-order chi connectivity index (χ1) is 9.34. The third kappa shape index (κ3) is 2.94. The van der Waals surface area contributed by atoms with E-state index in [2.05, 4.69) is 26.6 Å². The minimum absolute atomic E-state index is 0.831. The summed E-state index contributed by atoms with van der Waals surface area (Å²) in [7, 11) is 0. The van der Waals surface area contributed by atoms with Crippen LogP contribution in [0.2, 0.25) is 5.02 Å². The number of hydrogen-bond donors (Lipinski definition) is 2. The molecule has 0 aliphatic carbocycles. The van der Waals surface area contributed by atoms with Crippen molar-refractivity contribution in [1.29, 1.82) is 0 Å². The van der Waals surface area contributed by atoms with Crippen molar-refractivity contribution in [3.8, 4) is 0 Å². The van der Waals surface area contributed by atoms with Crippen LogP contribution in [0.15, 0.2) is 23.6 Å². The molecular weight excluding hydrogens is 280 g/mol. The van der Waals surface area contributed by atoms with Gasteiger partial charge in [0.2, 0.25) is 0 Å². The van der Waals surface area contributed by atoms with Crippen LogP contribution in [-0.4, -0.2) is 28.3 Å². The molecule has 0 saturated carbocycles. The molecule has 19 heavy (non-hydrogen) atoms. The molecule has 0 unspecified atom stereocenters. The zero-order valence-electron chi connectivity index (χ0n) is 10.4. The molecule has 0 fully saturated rings. The summed E-state index contributed by atoms with van der Waals surface area (Å²) in [6.45, 7) is 2.07. The minimum Gasteiger partial charge on any atom is -0.316 e. The lowest BCUT2D eigenvalue weighted by atomic mass is 9.98. The summed E-state index contributed by atoms with van der Waals surface area (Å²) in [4.78, 5) is 4.13. The van der Waals surface area contributed by atoms with Gasteiger partial charge in [-0.2, -0.15) is 5.10 Å². The van der Waals surface area contributed by atoms with E-state index in [-0.39, 0.29) is 0 Å². The first-order valence-electron chi connectivity index (χ1n) is 6.32. The molecule has 0 atom stereocenters. The van der Waals surface area contributed by atoms with Crippen LogP contribution in [0.3, 0.4) is 0 Å². The maximum atomic E-state index is 6.37. The van der Waals surface area contributed by atoms with Gasteiger partial charge in [0, 0.05) is 10.8 Å². The predicted molar refractivity (Wildman–Crippen MR) is 77.7 cm³/mol. The smallest absolute Gasteiger partial charge is 0.183 e. The van der Waals surface area contributed by atoms with Crippen molar-refractivity contribution in [1.82, 2.24) is 20.5 Å². The lowest BCUT2D eigenvalue weighted by Gasteiger charge is -2.13. The Labute approximate surface area is 121 Å². The maximum absolute atomic E-state index is 6.37. The quantitative estimate of drug-likeness (QED) is 0.854. The van der Waals surface area contributed by atoms with Crippen LogP contribution in [0.5, 0.6) is 0 Å². The molecule has 2 heterocycles. The van der Waals surface area contributed by atoms with E-state index in [0.29, 0.717) is 0 Å². The molecule has 2 N–H and O–H groups in total. The average molecular weight is 295 g/mol. The Morgan fingerprint density at radius 3 is 3.00 bits per heavy atom. The van der Waals surface area contributed by atoms with Crippen LogP contribution in [0.1, 0.15) is 16.7 Å². The Hall–Kier alpha value is -1.04. The van der Waals surface area contributed by atoms with Crippen LogP contribution in [0, 0.1) is 0 Å². The molecule has 1 aromatic carbocycles. The molecule has 2 aromatic rings. The number of aromatic amines is 1. The van der Waals surface area contributed by atoms with E-state index >= 15 is 0 Å². The second-order valence-electron chi connectivity index (χ2n) is 4.49. The Bertz CT molecular complexity index is 556. The summed E-state index contributed by atoms with van der Waals surface area (Å²) >= 11 is 8.01. The van der Waals surface area contributed by atoms with Gasteiger partial charge in [-0.15, -0.1) is 0 Å². The molecule has 1 aliphatic heterocycles. The van der Waals surface area contributed by atoms with Gasteiger partial charge < -0.3 is 5.32 Å². The molecule has 6 heteroatoms. The topological polar surface area (TPSA) is 53.6 Å². The van der Waals surface area contributed by atoms with E-state index in [1.807, 2.05) is 6.07 Å². The normalized spacial score (nSPS) is 15.0. The van der Waals surface area contributed by atoms with Crippen molar-refractivity contribution in [3.63, 3.8) is 0 Å². The number of H-pyrrole nitrogens is 1. The van der Waals surface area contributed by atoms with E-state index in [1.165, 1.54) is 23.0 Å². The number of rotatable bonds is 3. The van der Waals surface area contributed by atoms with E-state index in [9.17, 15) is 0 Å². The molecule has 0 amide bonds. The summed E-state index contributed by atoms with van der Waals surface area (Å²) < 4.78 is 0. The molecule has 1 aromatic heterocycles. The van der Waals surface area contributed by atoms with Gasteiger partial charge in [-0.25, -0.2) is 4.98 Å². The van der Waals surface area contributed by atoms with Crippen LogP contribution in [0.25, 0.3) is 0 Å². The number of halogens is 1. The zero-order valence-corrected chi connectivity index (χ0v) is 12.0. The monoisotopic (exact) mass is 294 g/mol. The van der Waals surface area contributed by atoms with Gasteiger partial charge >= 0.3 is 0 Å². The summed E-state index contributed by atoms with van der Waals surface area (Å²) in [6, 6.07) is 4.18. The van der Waals surface area contributed by atoms with Gasteiger partial charge in [0.1, 0.15) is 6.33 Å². The first kappa shape index (κ1) is 13.0. The van der Waals surface area contributed by atoms with E-state index in [1.54, 1.807) is 11.8 Å². The van der Waals surface area contributed by atoms with Crippen LogP contribution < -0.4 is 5.32 Å². The van der Waals surface area contributed by atoms with Gasteiger partial charge in [0.05, 0.1) is 0 Å². The largest absolute Gasteiger partial charge is 0.316 e. The van der Waals surface area contributed by atoms with Crippen molar-refractivity contribution >= 4 is 23.4 Å². The number of aromatic nitrogens is 3. The molecule has 0 bridgehead atoms.